The van der Waals surface area contributed by atoms with Gasteiger partial charge in [-0.3, -0.25) is 14.7 Å². The van der Waals surface area contributed by atoms with E-state index in [1.54, 1.807) is 30.3 Å². The average molecular weight is 371 g/mol. The van der Waals surface area contributed by atoms with Crippen LogP contribution in [0.1, 0.15) is 60.2 Å². The van der Waals surface area contributed by atoms with Gasteiger partial charge in [-0.15, -0.1) is 0 Å². The van der Waals surface area contributed by atoms with E-state index in [9.17, 15) is 9.59 Å². The first kappa shape index (κ1) is 19.1. The number of ketones is 1. The summed E-state index contributed by atoms with van der Waals surface area (Å²) in [5, 5.41) is 9.91. The third kappa shape index (κ3) is 5.17. The summed E-state index contributed by atoms with van der Waals surface area (Å²) in [6.07, 6.45) is 1.56. The van der Waals surface area contributed by atoms with Gasteiger partial charge in [-0.05, 0) is 51.8 Å². The Hall–Kier alpha value is -2.67. The largest absolute Gasteiger partial charge is 0.487 e. The molecule has 1 amide bonds. The Kier molecular flexibility index (Phi) is 5.60. The molecule has 1 saturated heterocycles. The molecule has 0 radical (unpaired) electrons. The van der Waals surface area contributed by atoms with Gasteiger partial charge in [0.15, 0.2) is 5.78 Å². The highest BCUT2D eigenvalue weighted by molar-refractivity contribution is 5.94. The number of hydrogen-bond donors (Lipinski definition) is 2. The zero-order chi connectivity index (χ0) is 19.4. The number of carbonyl (C=O) groups excluding carboxylic acids is 2. The number of amides is 1. The van der Waals surface area contributed by atoms with Crippen molar-refractivity contribution in [3.8, 4) is 5.75 Å². The number of hydrogen-bond acceptors (Lipinski definition) is 5. The fraction of sp³-hybridized carbons (Fsp3) is 0.450. The topological polar surface area (TPSA) is 93.3 Å². The molecule has 1 aromatic heterocycles. The summed E-state index contributed by atoms with van der Waals surface area (Å²) in [4.78, 5) is 23.8. The summed E-state index contributed by atoms with van der Waals surface area (Å²) in [5.74, 6) is 0.365. The monoisotopic (exact) mass is 371 g/mol. The minimum atomic E-state index is -0.227. The van der Waals surface area contributed by atoms with Crippen LogP contribution in [0.2, 0.25) is 0 Å². The molecule has 0 spiro atoms. The molecule has 144 valence electrons. The summed E-state index contributed by atoms with van der Waals surface area (Å²) in [5.41, 5.74) is 1.38. The molecule has 0 aliphatic carbocycles. The van der Waals surface area contributed by atoms with Gasteiger partial charge in [-0.1, -0.05) is 12.1 Å². The van der Waals surface area contributed by atoms with Crippen LogP contribution in [0.3, 0.4) is 0 Å². The van der Waals surface area contributed by atoms with Crippen LogP contribution in [0.5, 0.6) is 5.75 Å². The molecule has 2 aromatic rings. The van der Waals surface area contributed by atoms with E-state index in [1.165, 1.54) is 6.92 Å². The van der Waals surface area contributed by atoms with Crippen molar-refractivity contribution >= 4 is 11.7 Å². The van der Waals surface area contributed by atoms with Crippen LogP contribution >= 0.6 is 0 Å². The maximum atomic E-state index is 12.4. The van der Waals surface area contributed by atoms with E-state index in [0.29, 0.717) is 29.3 Å². The summed E-state index contributed by atoms with van der Waals surface area (Å²) in [6, 6.07) is 8.74. The van der Waals surface area contributed by atoms with E-state index in [-0.39, 0.29) is 29.9 Å². The molecular weight excluding hydrogens is 346 g/mol. The zero-order valence-electron chi connectivity index (χ0n) is 15.9. The Morgan fingerprint density at radius 2 is 2.19 bits per heavy atom. The molecule has 1 atom stereocenters. The minimum absolute atomic E-state index is 0.0164. The standard InChI is InChI=1S/C20H25N3O4/c1-13(24)14-5-4-6-17(9-14)26-12-16-10-18(23-22-16)19(25)21-15-7-8-27-20(2,3)11-15/h4-6,9-10,15H,7-8,11-12H2,1-3H3,(H,21,25)(H,22,23)/t15-/m0/s1. The predicted octanol–water partition coefficient (Wildman–Crippen LogP) is 2.88. The Morgan fingerprint density at radius 3 is 2.93 bits per heavy atom. The fourth-order valence-electron chi connectivity index (χ4n) is 3.13. The number of nitrogens with one attached hydrogen (secondary N) is 2. The van der Waals surface area contributed by atoms with E-state index in [0.717, 1.165) is 12.8 Å². The van der Waals surface area contributed by atoms with Crippen LogP contribution in [0, 0.1) is 0 Å². The third-order valence-electron chi connectivity index (χ3n) is 4.53. The Labute approximate surface area is 158 Å². The van der Waals surface area contributed by atoms with Gasteiger partial charge in [0.1, 0.15) is 18.1 Å². The maximum Gasteiger partial charge on any atom is 0.271 e. The van der Waals surface area contributed by atoms with Gasteiger partial charge < -0.3 is 14.8 Å². The van der Waals surface area contributed by atoms with Gasteiger partial charge in [0.05, 0.1) is 11.3 Å². The number of Topliss-reactive ketones (excluding diaryl/α,β-unsaturated/α-hetero) is 1. The van der Waals surface area contributed by atoms with Crippen LogP contribution in [0.25, 0.3) is 0 Å². The number of ether oxygens (including phenoxy) is 2. The van der Waals surface area contributed by atoms with E-state index in [4.69, 9.17) is 9.47 Å². The van der Waals surface area contributed by atoms with E-state index >= 15 is 0 Å². The Morgan fingerprint density at radius 1 is 1.37 bits per heavy atom. The van der Waals surface area contributed by atoms with Crippen molar-refractivity contribution in [3.05, 3.63) is 47.3 Å². The highest BCUT2D eigenvalue weighted by Gasteiger charge is 2.30. The SMILES string of the molecule is CC(=O)c1cccc(OCc2cc(C(=O)N[C@H]3CCOC(C)(C)C3)n[nH]2)c1. The smallest absolute Gasteiger partial charge is 0.271 e. The normalized spacial score (nSPS) is 18.7. The van der Waals surface area contributed by atoms with Crippen molar-refractivity contribution < 1.29 is 19.1 Å². The highest BCUT2D eigenvalue weighted by atomic mass is 16.5. The van der Waals surface area contributed by atoms with Gasteiger partial charge in [0, 0.05) is 18.2 Å². The second-order valence-corrected chi connectivity index (χ2v) is 7.42. The van der Waals surface area contributed by atoms with Crippen molar-refractivity contribution in [2.24, 2.45) is 0 Å². The molecule has 0 unspecified atom stereocenters. The molecule has 7 nitrogen and oxygen atoms in total. The lowest BCUT2D eigenvalue weighted by atomic mass is 9.94. The number of nitrogens with zero attached hydrogens (tertiary/aromatic N) is 1. The molecule has 1 aliphatic heterocycles. The third-order valence-corrected chi connectivity index (χ3v) is 4.53. The molecular formula is C20H25N3O4. The Bertz CT molecular complexity index is 828. The number of aromatic nitrogens is 2. The molecule has 27 heavy (non-hydrogen) atoms. The van der Waals surface area contributed by atoms with Crippen LogP contribution in [0.4, 0.5) is 0 Å². The lowest BCUT2D eigenvalue weighted by Gasteiger charge is -2.35. The average Bonchev–Trinajstić information content (AvgIpc) is 3.08. The number of carbonyl (C=O) groups is 2. The van der Waals surface area contributed by atoms with Crippen molar-refractivity contribution in [1.29, 1.82) is 0 Å². The minimum Gasteiger partial charge on any atom is -0.487 e. The maximum absolute atomic E-state index is 12.4. The first-order valence-corrected chi connectivity index (χ1v) is 9.05. The molecule has 3 rings (SSSR count). The molecule has 1 fully saturated rings. The predicted molar refractivity (Wildman–Crippen MR) is 99.9 cm³/mol. The summed E-state index contributed by atoms with van der Waals surface area (Å²) in [6.45, 7) is 6.42. The number of H-pyrrole nitrogens is 1. The first-order valence-electron chi connectivity index (χ1n) is 9.05. The van der Waals surface area contributed by atoms with Gasteiger partial charge >= 0.3 is 0 Å². The quantitative estimate of drug-likeness (QED) is 0.762. The molecule has 0 bridgehead atoms. The van der Waals surface area contributed by atoms with Gasteiger partial charge in [-0.25, -0.2) is 0 Å². The van der Waals surface area contributed by atoms with E-state index in [2.05, 4.69) is 15.5 Å². The van der Waals surface area contributed by atoms with Gasteiger partial charge in [0.2, 0.25) is 0 Å². The van der Waals surface area contributed by atoms with Crippen molar-refractivity contribution in [3.63, 3.8) is 0 Å². The number of benzene rings is 1. The van der Waals surface area contributed by atoms with Crippen LogP contribution in [-0.2, 0) is 11.3 Å². The van der Waals surface area contributed by atoms with Crippen LogP contribution in [-0.4, -0.2) is 40.1 Å². The molecule has 1 aromatic carbocycles. The molecule has 7 heteroatoms. The fourth-order valence-corrected chi connectivity index (χ4v) is 3.13. The summed E-state index contributed by atoms with van der Waals surface area (Å²) >= 11 is 0. The number of aromatic amines is 1. The molecule has 0 saturated carbocycles. The second kappa shape index (κ2) is 7.92. The molecule has 2 N–H and O–H groups in total. The summed E-state index contributed by atoms with van der Waals surface area (Å²) < 4.78 is 11.4. The highest BCUT2D eigenvalue weighted by Crippen LogP contribution is 2.24. The first-order chi connectivity index (χ1) is 12.8. The van der Waals surface area contributed by atoms with Gasteiger partial charge in [0.25, 0.3) is 5.91 Å². The van der Waals surface area contributed by atoms with E-state index in [1.807, 2.05) is 13.8 Å². The second-order valence-electron chi connectivity index (χ2n) is 7.42. The van der Waals surface area contributed by atoms with Crippen molar-refractivity contribution in [2.75, 3.05) is 6.61 Å². The zero-order valence-corrected chi connectivity index (χ0v) is 15.9. The molecule has 2 heterocycles. The molecule has 1 aliphatic rings. The van der Waals surface area contributed by atoms with Crippen LogP contribution in [0.15, 0.2) is 30.3 Å². The lowest BCUT2D eigenvalue weighted by molar-refractivity contribution is -0.0615. The van der Waals surface area contributed by atoms with Crippen molar-refractivity contribution in [1.82, 2.24) is 15.5 Å². The van der Waals surface area contributed by atoms with Crippen LogP contribution < -0.4 is 10.1 Å². The lowest BCUT2D eigenvalue weighted by Crippen LogP contribution is -2.45. The van der Waals surface area contributed by atoms with E-state index < -0.39 is 0 Å². The Balaban J connectivity index is 1.55. The van der Waals surface area contributed by atoms with Crippen molar-refractivity contribution in [2.45, 2.75) is 51.9 Å². The summed E-state index contributed by atoms with van der Waals surface area (Å²) in [7, 11) is 0. The van der Waals surface area contributed by atoms with Gasteiger partial charge in [-0.2, -0.15) is 5.10 Å². The number of rotatable bonds is 6.